The monoisotopic (exact) mass is 379 g/mol. The largest absolute Gasteiger partial charge is 0.744 e. The first-order chi connectivity index (χ1) is 12.1. The number of ether oxygens (including phenoxy) is 1. The van der Waals surface area contributed by atoms with Crippen molar-refractivity contribution in [2.45, 2.75) is 69.1 Å². The van der Waals surface area contributed by atoms with Gasteiger partial charge in [-0.2, -0.15) is 0 Å². The first-order valence-electron chi connectivity index (χ1n) is 9.30. The van der Waals surface area contributed by atoms with Gasteiger partial charge in [-0.25, -0.2) is 8.42 Å². The Morgan fingerprint density at radius 3 is 2.58 bits per heavy atom. The van der Waals surface area contributed by atoms with Gasteiger partial charge in [-0.05, 0) is 65.7 Å². The van der Waals surface area contributed by atoms with E-state index in [4.69, 9.17) is 4.74 Å². The number of methoxy groups -OCH3 is 1. The zero-order valence-electron chi connectivity index (χ0n) is 15.9. The van der Waals surface area contributed by atoms with Crippen molar-refractivity contribution in [2.75, 3.05) is 7.11 Å². The van der Waals surface area contributed by atoms with Crippen LogP contribution in [0.15, 0.2) is 17.0 Å². The highest BCUT2D eigenvalue weighted by Gasteiger charge is 2.49. The number of fused-ring (bicyclic) bond motifs is 3. The molecule has 0 aromatic heterocycles. The maximum atomic E-state index is 12.3. The van der Waals surface area contributed by atoms with Gasteiger partial charge in [0, 0.05) is 0 Å². The topological polar surface area (TPSA) is 83.5 Å². The molecule has 0 radical (unpaired) electrons. The molecule has 0 amide bonds. The molecule has 5 nitrogen and oxygen atoms in total. The lowest BCUT2D eigenvalue weighted by atomic mass is 9.54. The van der Waals surface area contributed by atoms with Gasteiger partial charge < -0.3 is 9.29 Å². The van der Waals surface area contributed by atoms with Gasteiger partial charge >= 0.3 is 5.97 Å². The van der Waals surface area contributed by atoms with Crippen LogP contribution in [0.5, 0.6) is 0 Å². The molecule has 0 N–H and O–H groups in total. The fourth-order valence-corrected chi connectivity index (χ4v) is 6.01. The second-order valence-electron chi connectivity index (χ2n) is 8.24. The number of carbonyl (C=O) groups is 1. The molecule has 1 saturated carbocycles. The van der Waals surface area contributed by atoms with E-state index < -0.39 is 10.1 Å². The van der Waals surface area contributed by atoms with E-state index in [2.05, 4.69) is 6.92 Å². The average molecular weight is 379 g/mol. The molecular formula is C20H27O5S-. The molecule has 1 aromatic rings. The number of aryl methyl sites for hydroxylation is 1. The SMILES string of the molecule is COC(=O)C1CCCC2(C)c3cc(S(=O)(=O)[O-])c(C(C)C)cc3CCC12. The van der Waals surface area contributed by atoms with E-state index in [1.807, 2.05) is 19.9 Å². The molecule has 26 heavy (non-hydrogen) atoms. The Hall–Kier alpha value is -1.40. The molecule has 0 heterocycles. The Balaban J connectivity index is 2.17. The minimum absolute atomic E-state index is 0.0428. The number of esters is 1. The van der Waals surface area contributed by atoms with Crippen molar-refractivity contribution in [1.82, 2.24) is 0 Å². The molecule has 3 rings (SSSR count). The summed E-state index contributed by atoms with van der Waals surface area (Å²) in [5.41, 5.74) is 2.34. The van der Waals surface area contributed by atoms with E-state index >= 15 is 0 Å². The van der Waals surface area contributed by atoms with Gasteiger partial charge in [0.15, 0.2) is 0 Å². The van der Waals surface area contributed by atoms with Crippen molar-refractivity contribution >= 4 is 16.1 Å². The van der Waals surface area contributed by atoms with Crippen molar-refractivity contribution in [2.24, 2.45) is 11.8 Å². The first-order valence-corrected chi connectivity index (χ1v) is 10.7. The normalized spacial score (nSPS) is 28.4. The van der Waals surface area contributed by atoms with E-state index in [0.29, 0.717) is 5.56 Å². The van der Waals surface area contributed by atoms with Crippen LogP contribution >= 0.6 is 0 Å². The number of carbonyl (C=O) groups excluding carboxylic acids is 1. The zero-order chi connectivity index (χ0) is 19.3. The van der Waals surface area contributed by atoms with Crippen molar-refractivity contribution in [1.29, 1.82) is 0 Å². The summed E-state index contributed by atoms with van der Waals surface area (Å²) in [6.45, 7) is 5.91. The van der Waals surface area contributed by atoms with E-state index in [1.54, 1.807) is 6.07 Å². The smallest absolute Gasteiger partial charge is 0.308 e. The third-order valence-corrected chi connectivity index (χ3v) is 7.38. The summed E-state index contributed by atoms with van der Waals surface area (Å²) in [5, 5.41) is 0. The van der Waals surface area contributed by atoms with Crippen LogP contribution in [0.3, 0.4) is 0 Å². The zero-order valence-corrected chi connectivity index (χ0v) is 16.7. The quantitative estimate of drug-likeness (QED) is 0.593. The Morgan fingerprint density at radius 1 is 1.31 bits per heavy atom. The van der Waals surface area contributed by atoms with Crippen LogP contribution < -0.4 is 0 Å². The summed E-state index contributed by atoms with van der Waals surface area (Å²) < 4.78 is 40.7. The standard InChI is InChI=1S/C20H28O5S/c1-12(2)15-10-13-7-8-16-14(19(21)25-4)6-5-9-20(16,3)17(13)11-18(15)26(22,23)24/h10-12,14,16H,5-9H2,1-4H3,(H,22,23,24)/p-1. The highest BCUT2D eigenvalue weighted by atomic mass is 32.2. The van der Waals surface area contributed by atoms with E-state index in [1.165, 1.54) is 7.11 Å². The Morgan fingerprint density at radius 2 is 2.00 bits per heavy atom. The lowest BCUT2D eigenvalue weighted by Crippen LogP contribution is -2.46. The molecule has 2 aliphatic carbocycles. The molecule has 6 heteroatoms. The lowest BCUT2D eigenvalue weighted by molar-refractivity contribution is -0.150. The summed E-state index contributed by atoms with van der Waals surface area (Å²) in [7, 11) is -3.13. The highest BCUT2D eigenvalue weighted by molar-refractivity contribution is 7.85. The van der Waals surface area contributed by atoms with Crippen LogP contribution in [0, 0.1) is 11.8 Å². The van der Waals surface area contributed by atoms with Crippen LogP contribution in [0.1, 0.15) is 69.1 Å². The van der Waals surface area contributed by atoms with Crippen LogP contribution in [0.4, 0.5) is 0 Å². The minimum atomic E-state index is -4.55. The number of hydrogen-bond donors (Lipinski definition) is 0. The Bertz CT molecular complexity index is 827. The van der Waals surface area contributed by atoms with Gasteiger partial charge in [0.25, 0.3) is 0 Å². The van der Waals surface area contributed by atoms with Gasteiger partial charge in [0.05, 0.1) is 17.9 Å². The second kappa shape index (κ2) is 6.64. The van der Waals surface area contributed by atoms with Crippen molar-refractivity contribution in [3.63, 3.8) is 0 Å². The summed E-state index contributed by atoms with van der Waals surface area (Å²) in [6, 6.07) is 3.52. The van der Waals surface area contributed by atoms with Crippen LogP contribution in [0.25, 0.3) is 0 Å². The first kappa shape index (κ1) is 19.4. The van der Waals surface area contributed by atoms with Gasteiger partial charge in [0.2, 0.25) is 0 Å². The van der Waals surface area contributed by atoms with Crippen molar-refractivity contribution < 1.29 is 22.5 Å². The summed E-state index contributed by atoms with van der Waals surface area (Å²) >= 11 is 0. The van der Waals surface area contributed by atoms with Gasteiger partial charge in [-0.3, -0.25) is 4.79 Å². The fourth-order valence-electron chi connectivity index (χ4n) is 5.17. The molecule has 1 fully saturated rings. The molecule has 0 saturated heterocycles. The second-order valence-corrected chi connectivity index (χ2v) is 9.59. The molecule has 3 unspecified atom stereocenters. The molecule has 0 aliphatic heterocycles. The van der Waals surface area contributed by atoms with Crippen LogP contribution in [-0.4, -0.2) is 26.0 Å². The van der Waals surface area contributed by atoms with Gasteiger partial charge in [0.1, 0.15) is 10.1 Å². The van der Waals surface area contributed by atoms with E-state index in [9.17, 15) is 17.8 Å². The van der Waals surface area contributed by atoms with Crippen molar-refractivity contribution in [3.05, 3.63) is 28.8 Å². The predicted molar refractivity (Wildman–Crippen MR) is 97.0 cm³/mol. The Kier molecular flexibility index (Phi) is 4.95. The third kappa shape index (κ3) is 3.07. The lowest BCUT2D eigenvalue weighted by Gasteiger charge is -2.49. The fraction of sp³-hybridized carbons (Fsp3) is 0.650. The summed E-state index contributed by atoms with van der Waals surface area (Å²) in [4.78, 5) is 12.2. The van der Waals surface area contributed by atoms with E-state index in [-0.39, 0.29) is 34.0 Å². The molecule has 2 aliphatic rings. The van der Waals surface area contributed by atoms with Crippen LogP contribution in [-0.2, 0) is 31.5 Å². The minimum Gasteiger partial charge on any atom is -0.744 e. The van der Waals surface area contributed by atoms with Gasteiger partial charge in [-0.1, -0.05) is 33.3 Å². The van der Waals surface area contributed by atoms with Crippen molar-refractivity contribution in [3.8, 4) is 0 Å². The van der Waals surface area contributed by atoms with E-state index in [0.717, 1.165) is 43.2 Å². The molecular weight excluding hydrogens is 352 g/mol. The number of hydrogen-bond acceptors (Lipinski definition) is 5. The summed E-state index contributed by atoms with van der Waals surface area (Å²) in [5.74, 6) is -0.272. The van der Waals surface area contributed by atoms with Crippen LogP contribution in [0.2, 0.25) is 0 Å². The number of benzene rings is 1. The summed E-state index contributed by atoms with van der Waals surface area (Å²) in [6.07, 6.45) is 4.25. The Labute approximate surface area is 155 Å². The highest BCUT2D eigenvalue weighted by Crippen LogP contribution is 2.53. The molecule has 3 atom stereocenters. The maximum absolute atomic E-state index is 12.3. The molecule has 0 spiro atoms. The molecule has 144 valence electrons. The number of rotatable bonds is 3. The predicted octanol–water partition coefficient (Wildman–Crippen LogP) is 3.51. The third-order valence-electron chi connectivity index (χ3n) is 6.49. The average Bonchev–Trinajstić information content (AvgIpc) is 2.58. The van der Waals surface area contributed by atoms with Gasteiger partial charge in [-0.15, -0.1) is 0 Å². The maximum Gasteiger partial charge on any atom is 0.308 e. The molecule has 0 bridgehead atoms. The molecule has 1 aromatic carbocycles.